The molecule has 5 nitrogen and oxygen atoms in total. The lowest BCUT2D eigenvalue weighted by atomic mass is 10.1. The van der Waals surface area contributed by atoms with E-state index in [1.165, 1.54) is 21.7 Å². The summed E-state index contributed by atoms with van der Waals surface area (Å²) in [4.78, 5) is 16.1. The number of nitrogens with zero attached hydrogens (tertiary/aromatic N) is 4. The predicted octanol–water partition coefficient (Wildman–Crippen LogP) is 1.71. The minimum Gasteiger partial charge on any atom is -0.311 e. The average molecular weight is 273 g/mol. The molecule has 0 bridgehead atoms. The third-order valence-corrected chi connectivity index (χ3v) is 3.14. The highest BCUT2D eigenvalue weighted by Crippen LogP contribution is 2.38. The first kappa shape index (κ1) is 11.3. The zero-order chi connectivity index (χ0) is 12.9. The molecule has 0 saturated carbocycles. The molecule has 3 heterocycles. The highest BCUT2D eigenvalue weighted by molar-refractivity contribution is 6.29. The van der Waals surface area contributed by atoms with E-state index in [2.05, 4.69) is 10.1 Å². The Hall–Kier alpha value is -1.76. The summed E-state index contributed by atoms with van der Waals surface area (Å²) in [6.45, 7) is -0.0746. The van der Waals surface area contributed by atoms with Crippen molar-refractivity contribution in [2.75, 3.05) is 11.4 Å². The van der Waals surface area contributed by atoms with Crippen molar-refractivity contribution < 1.29 is 13.6 Å². The van der Waals surface area contributed by atoms with Gasteiger partial charge < -0.3 is 4.90 Å². The van der Waals surface area contributed by atoms with Crippen molar-refractivity contribution in [3.05, 3.63) is 23.1 Å². The number of carbonyl (C=O) groups excluding carboxylic acids is 1. The topological polar surface area (TPSA) is 50.5 Å². The molecular formula is C10H7ClF2N4O. The molecule has 1 amide bonds. The number of rotatable bonds is 2. The van der Waals surface area contributed by atoms with Crippen LogP contribution in [0.2, 0.25) is 5.15 Å². The van der Waals surface area contributed by atoms with E-state index in [0.29, 0.717) is 17.7 Å². The van der Waals surface area contributed by atoms with Gasteiger partial charge in [-0.15, -0.1) is 0 Å². The van der Waals surface area contributed by atoms with E-state index >= 15 is 0 Å². The van der Waals surface area contributed by atoms with Crippen molar-refractivity contribution in [2.45, 2.75) is 12.3 Å². The Morgan fingerprint density at radius 3 is 3.00 bits per heavy atom. The third kappa shape index (κ3) is 1.47. The fourth-order valence-corrected chi connectivity index (χ4v) is 2.35. The van der Waals surface area contributed by atoms with E-state index in [4.69, 9.17) is 11.6 Å². The molecule has 8 heteroatoms. The number of carbonyl (C=O) groups is 1. The van der Waals surface area contributed by atoms with Gasteiger partial charge in [-0.1, -0.05) is 11.6 Å². The Labute approximate surface area is 105 Å². The van der Waals surface area contributed by atoms with Gasteiger partial charge in [0.1, 0.15) is 0 Å². The Balaban J connectivity index is 2.29. The maximum Gasteiger partial charge on any atom is 0.248 e. The van der Waals surface area contributed by atoms with Gasteiger partial charge in [0.2, 0.25) is 12.8 Å². The second-order valence-electron chi connectivity index (χ2n) is 3.96. The summed E-state index contributed by atoms with van der Waals surface area (Å²) in [5, 5.41) is 4.10. The fourth-order valence-electron chi connectivity index (χ4n) is 2.18. The van der Waals surface area contributed by atoms with Crippen LogP contribution < -0.4 is 4.90 Å². The maximum atomic E-state index is 13.0. The van der Waals surface area contributed by atoms with Gasteiger partial charge in [0.05, 0.1) is 23.5 Å². The molecule has 18 heavy (non-hydrogen) atoms. The first-order valence-corrected chi connectivity index (χ1v) is 5.54. The van der Waals surface area contributed by atoms with E-state index < -0.39 is 12.3 Å². The lowest BCUT2D eigenvalue weighted by molar-refractivity contribution is -0.107. The number of hydrogen-bond acceptors (Lipinski definition) is 3. The highest BCUT2D eigenvalue weighted by atomic mass is 35.5. The number of alkyl halides is 2. The molecule has 1 aliphatic rings. The van der Waals surface area contributed by atoms with Gasteiger partial charge in [-0.3, -0.25) is 4.79 Å². The highest BCUT2D eigenvalue weighted by Gasteiger charge is 2.37. The van der Waals surface area contributed by atoms with Crippen LogP contribution in [-0.4, -0.2) is 34.0 Å². The maximum absolute atomic E-state index is 13.0. The quantitative estimate of drug-likeness (QED) is 0.782. The number of fused-ring (bicyclic) bond motifs is 3. The van der Waals surface area contributed by atoms with Crippen LogP contribution in [0, 0.1) is 0 Å². The molecule has 3 rings (SSSR count). The van der Waals surface area contributed by atoms with Crippen molar-refractivity contribution in [3.8, 4) is 0 Å². The van der Waals surface area contributed by atoms with E-state index in [1.807, 2.05) is 0 Å². The van der Waals surface area contributed by atoms with E-state index in [0.717, 1.165) is 0 Å². The number of amides is 1. The molecule has 0 aliphatic carbocycles. The molecule has 1 aliphatic heterocycles. The number of aromatic nitrogens is 3. The van der Waals surface area contributed by atoms with Gasteiger partial charge >= 0.3 is 0 Å². The van der Waals surface area contributed by atoms with Crippen LogP contribution in [0.5, 0.6) is 0 Å². The minimum atomic E-state index is -2.58. The Morgan fingerprint density at radius 1 is 1.56 bits per heavy atom. The van der Waals surface area contributed by atoms with Crippen LogP contribution in [0.1, 0.15) is 11.6 Å². The SMILES string of the molecule is O=CN1CC(C(F)F)c2c1cnc1cc(Cl)nn21. The molecule has 1 unspecified atom stereocenters. The van der Waals surface area contributed by atoms with Gasteiger partial charge in [0, 0.05) is 12.6 Å². The summed E-state index contributed by atoms with van der Waals surface area (Å²) in [5.74, 6) is -1.08. The second kappa shape index (κ2) is 3.88. The summed E-state index contributed by atoms with van der Waals surface area (Å²) in [6, 6.07) is 1.48. The van der Waals surface area contributed by atoms with Crippen molar-refractivity contribution in [1.29, 1.82) is 0 Å². The molecular weight excluding hydrogens is 266 g/mol. The number of anilines is 1. The van der Waals surface area contributed by atoms with Crippen LogP contribution >= 0.6 is 11.6 Å². The fraction of sp³-hybridized carbons (Fsp3) is 0.300. The summed E-state index contributed by atoms with van der Waals surface area (Å²) in [5.41, 5.74) is 1.01. The number of hydrogen-bond donors (Lipinski definition) is 0. The lowest BCUT2D eigenvalue weighted by Gasteiger charge is -2.09. The molecule has 0 aromatic carbocycles. The molecule has 2 aromatic rings. The van der Waals surface area contributed by atoms with E-state index in [1.54, 1.807) is 0 Å². The van der Waals surface area contributed by atoms with Crippen LogP contribution in [0.4, 0.5) is 14.5 Å². The second-order valence-corrected chi connectivity index (χ2v) is 4.35. The number of halogens is 3. The monoisotopic (exact) mass is 272 g/mol. The lowest BCUT2D eigenvalue weighted by Crippen LogP contribution is -2.22. The van der Waals surface area contributed by atoms with Crippen LogP contribution in [0.25, 0.3) is 5.65 Å². The molecule has 0 N–H and O–H groups in total. The summed E-state index contributed by atoms with van der Waals surface area (Å²) in [7, 11) is 0. The van der Waals surface area contributed by atoms with Gasteiger partial charge in [-0.25, -0.2) is 18.3 Å². The largest absolute Gasteiger partial charge is 0.311 e. The molecule has 0 radical (unpaired) electrons. The molecule has 0 spiro atoms. The van der Waals surface area contributed by atoms with Gasteiger partial charge in [-0.05, 0) is 0 Å². The van der Waals surface area contributed by atoms with Crippen LogP contribution in [0.15, 0.2) is 12.3 Å². The summed E-state index contributed by atoms with van der Waals surface area (Å²) in [6.07, 6.45) is -0.679. The minimum absolute atomic E-state index is 0.0746. The Morgan fingerprint density at radius 2 is 2.33 bits per heavy atom. The van der Waals surface area contributed by atoms with Crippen molar-refractivity contribution in [2.24, 2.45) is 0 Å². The van der Waals surface area contributed by atoms with Crippen LogP contribution in [-0.2, 0) is 4.79 Å². The van der Waals surface area contributed by atoms with Crippen molar-refractivity contribution in [1.82, 2.24) is 14.6 Å². The summed E-state index contributed by atoms with van der Waals surface area (Å²) < 4.78 is 27.3. The smallest absolute Gasteiger partial charge is 0.248 e. The Bertz CT molecular complexity index is 630. The zero-order valence-corrected chi connectivity index (χ0v) is 9.68. The van der Waals surface area contributed by atoms with Crippen LogP contribution in [0.3, 0.4) is 0 Å². The van der Waals surface area contributed by atoms with E-state index in [-0.39, 0.29) is 17.4 Å². The molecule has 2 aromatic heterocycles. The predicted molar refractivity (Wildman–Crippen MR) is 60.2 cm³/mol. The molecule has 0 saturated heterocycles. The van der Waals surface area contributed by atoms with Gasteiger partial charge in [-0.2, -0.15) is 5.10 Å². The molecule has 1 atom stereocenters. The van der Waals surface area contributed by atoms with Gasteiger partial charge in [0.25, 0.3) is 0 Å². The van der Waals surface area contributed by atoms with Gasteiger partial charge in [0.15, 0.2) is 10.8 Å². The zero-order valence-electron chi connectivity index (χ0n) is 8.92. The van der Waals surface area contributed by atoms with Crippen molar-refractivity contribution >= 4 is 29.3 Å². The Kier molecular flexibility index (Phi) is 2.44. The average Bonchev–Trinajstić information content (AvgIpc) is 2.87. The summed E-state index contributed by atoms with van der Waals surface area (Å²) >= 11 is 5.74. The standard InChI is InChI=1S/C10H7ClF2N4O/c11-7-1-8-14-2-6-9(17(8)15-7)5(10(12)13)3-16(6)4-18/h1-2,4-5,10H,3H2. The molecule has 0 fully saturated rings. The van der Waals surface area contributed by atoms with E-state index in [9.17, 15) is 13.6 Å². The molecule has 94 valence electrons. The van der Waals surface area contributed by atoms with Crippen molar-refractivity contribution in [3.63, 3.8) is 0 Å². The first-order valence-electron chi connectivity index (χ1n) is 5.16. The third-order valence-electron chi connectivity index (χ3n) is 2.96. The normalized spacial score (nSPS) is 18.7. The first-order chi connectivity index (χ1) is 8.61.